The van der Waals surface area contributed by atoms with E-state index in [2.05, 4.69) is 4.90 Å². The van der Waals surface area contributed by atoms with Crippen LogP contribution in [0, 0.1) is 5.82 Å². The number of ether oxygens (including phenoxy) is 1. The molecule has 0 unspecified atom stereocenters. The zero-order valence-electron chi connectivity index (χ0n) is 16.1. The Morgan fingerprint density at radius 3 is 2.78 bits per heavy atom. The number of β-amino-alcohol motifs (C(OH)–C–C–N with tert-alkyl or cyclic N) is 1. The molecule has 27 heavy (non-hydrogen) atoms. The van der Waals surface area contributed by atoms with Crippen molar-refractivity contribution in [2.45, 2.75) is 25.0 Å². The summed E-state index contributed by atoms with van der Waals surface area (Å²) in [6.45, 7) is 4.45. The zero-order valence-corrected chi connectivity index (χ0v) is 16.1. The first-order valence-corrected chi connectivity index (χ1v) is 9.67. The lowest BCUT2D eigenvalue weighted by Gasteiger charge is -2.34. The highest BCUT2D eigenvalue weighted by Gasteiger charge is 2.36. The van der Waals surface area contributed by atoms with Crippen LogP contribution < -0.4 is 0 Å². The van der Waals surface area contributed by atoms with E-state index in [1.165, 1.54) is 6.07 Å². The highest BCUT2D eigenvalue weighted by Crippen LogP contribution is 2.18. The number of likely N-dealkylation sites (tertiary alicyclic amines) is 1. The Labute approximate surface area is 160 Å². The molecule has 2 fully saturated rings. The molecule has 0 bridgehead atoms. The standard InChI is InChI=1S/C20H30FN3O3/c1-22(12-17-6-2-3-7-18(17)21)13-19(25)24-10-11-27-16-20(26,15-24)14-23-8-4-5-9-23/h2-3,6-7,26H,4-5,8-16H2,1H3/t20-/m1/s1. The molecule has 1 amide bonds. The van der Waals surface area contributed by atoms with E-state index in [1.54, 1.807) is 35.0 Å². The van der Waals surface area contributed by atoms with Crippen molar-refractivity contribution in [3.63, 3.8) is 0 Å². The summed E-state index contributed by atoms with van der Waals surface area (Å²) in [5.74, 6) is -0.334. The SMILES string of the molecule is CN(CC(=O)N1CCOC[C@@](O)(CN2CCCC2)C1)Cc1ccccc1F. The van der Waals surface area contributed by atoms with Gasteiger partial charge in [-0.05, 0) is 39.0 Å². The molecule has 0 saturated carbocycles. The zero-order chi connectivity index (χ0) is 19.3. The number of nitrogens with zero attached hydrogens (tertiary/aromatic N) is 3. The van der Waals surface area contributed by atoms with Crippen LogP contribution in [0.1, 0.15) is 18.4 Å². The molecule has 1 atom stereocenters. The highest BCUT2D eigenvalue weighted by atomic mass is 19.1. The van der Waals surface area contributed by atoms with E-state index in [0.717, 1.165) is 25.9 Å². The molecule has 3 rings (SSSR count). The van der Waals surface area contributed by atoms with Crippen molar-refractivity contribution < 1.29 is 19.0 Å². The van der Waals surface area contributed by atoms with Gasteiger partial charge in [0, 0.05) is 25.2 Å². The largest absolute Gasteiger partial charge is 0.384 e. The van der Waals surface area contributed by atoms with Crippen LogP contribution in [0.4, 0.5) is 4.39 Å². The summed E-state index contributed by atoms with van der Waals surface area (Å²) in [7, 11) is 1.80. The van der Waals surface area contributed by atoms with E-state index in [1.807, 2.05) is 0 Å². The molecule has 2 saturated heterocycles. The summed E-state index contributed by atoms with van der Waals surface area (Å²) in [6, 6.07) is 6.60. The fourth-order valence-electron chi connectivity index (χ4n) is 3.89. The third-order valence-electron chi connectivity index (χ3n) is 5.23. The van der Waals surface area contributed by atoms with Crippen molar-refractivity contribution >= 4 is 5.91 Å². The Morgan fingerprint density at radius 1 is 1.30 bits per heavy atom. The first-order valence-electron chi connectivity index (χ1n) is 9.67. The van der Waals surface area contributed by atoms with Crippen LogP contribution in [0.3, 0.4) is 0 Å². The summed E-state index contributed by atoms with van der Waals surface area (Å²) >= 11 is 0. The molecule has 150 valence electrons. The Bertz CT molecular complexity index is 639. The van der Waals surface area contributed by atoms with Crippen LogP contribution in [0.15, 0.2) is 24.3 Å². The van der Waals surface area contributed by atoms with Gasteiger partial charge >= 0.3 is 0 Å². The van der Waals surface area contributed by atoms with Gasteiger partial charge in [0.25, 0.3) is 0 Å². The van der Waals surface area contributed by atoms with Crippen LogP contribution in [0.2, 0.25) is 0 Å². The lowest BCUT2D eigenvalue weighted by Crippen LogP contribution is -2.54. The monoisotopic (exact) mass is 379 g/mol. The number of amides is 1. The Hall–Kier alpha value is -1.54. The average Bonchev–Trinajstić information content (AvgIpc) is 3.04. The molecule has 1 N–H and O–H groups in total. The third-order valence-corrected chi connectivity index (χ3v) is 5.23. The maximum atomic E-state index is 13.8. The van der Waals surface area contributed by atoms with Gasteiger partial charge in [0.15, 0.2) is 0 Å². The minimum absolute atomic E-state index is 0.0702. The van der Waals surface area contributed by atoms with E-state index in [9.17, 15) is 14.3 Å². The lowest BCUT2D eigenvalue weighted by molar-refractivity contribution is -0.135. The topological polar surface area (TPSA) is 56.3 Å². The van der Waals surface area contributed by atoms with Crippen molar-refractivity contribution in [1.82, 2.24) is 14.7 Å². The van der Waals surface area contributed by atoms with E-state index in [-0.39, 0.29) is 31.4 Å². The van der Waals surface area contributed by atoms with Gasteiger partial charge in [-0.15, -0.1) is 0 Å². The summed E-state index contributed by atoms with van der Waals surface area (Å²) in [4.78, 5) is 18.5. The predicted molar refractivity (Wildman–Crippen MR) is 101 cm³/mol. The van der Waals surface area contributed by atoms with Gasteiger partial charge in [-0.2, -0.15) is 0 Å². The van der Waals surface area contributed by atoms with E-state index >= 15 is 0 Å². The van der Waals surface area contributed by atoms with Gasteiger partial charge in [0.05, 0.1) is 26.3 Å². The van der Waals surface area contributed by atoms with Crippen molar-refractivity contribution in [1.29, 1.82) is 0 Å². The molecule has 0 radical (unpaired) electrons. The fraction of sp³-hybridized carbons (Fsp3) is 0.650. The van der Waals surface area contributed by atoms with Crippen LogP contribution in [0.25, 0.3) is 0 Å². The van der Waals surface area contributed by atoms with Crippen molar-refractivity contribution in [3.05, 3.63) is 35.6 Å². The molecule has 1 aromatic rings. The van der Waals surface area contributed by atoms with Crippen molar-refractivity contribution in [2.24, 2.45) is 0 Å². The third kappa shape index (κ3) is 5.72. The Morgan fingerprint density at radius 2 is 2.04 bits per heavy atom. The smallest absolute Gasteiger partial charge is 0.236 e. The van der Waals surface area contributed by atoms with Gasteiger partial charge < -0.3 is 19.6 Å². The molecule has 0 spiro atoms. The van der Waals surface area contributed by atoms with E-state index in [0.29, 0.717) is 31.8 Å². The predicted octanol–water partition coefficient (Wildman–Crippen LogP) is 0.943. The number of benzene rings is 1. The van der Waals surface area contributed by atoms with Crippen LogP contribution in [0.5, 0.6) is 0 Å². The molecule has 0 aliphatic carbocycles. The number of likely N-dealkylation sites (N-methyl/N-ethyl adjacent to an activating group) is 1. The average molecular weight is 379 g/mol. The van der Waals surface area contributed by atoms with Crippen LogP contribution in [-0.4, -0.2) is 90.8 Å². The maximum Gasteiger partial charge on any atom is 0.236 e. The molecular formula is C20H30FN3O3. The number of hydrogen-bond donors (Lipinski definition) is 1. The highest BCUT2D eigenvalue weighted by molar-refractivity contribution is 5.78. The molecule has 2 heterocycles. The number of carbonyl (C=O) groups excluding carboxylic acids is 1. The second-order valence-corrected chi connectivity index (χ2v) is 7.84. The minimum atomic E-state index is -1.04. The first kappa shape index (κ1) is 20.2. The van der Waals surface area contributed by atoms with E-state index in [4.69, 9.17) is 4.74 Å². The number of hydrogen-bond acceptors (Lipinski definition) is 5. The quantitative estimate of drug-likeness (QED) is 0.797. The molecular weight excluding hydrogens is 349 g/mol. The number of carbonyl (C=O) groups is 1. The van der Waals surface area contributed by atoms with Gasteiger partial charge in [0.1, 0.15) is 11.4 Å². The summed E-state index contributed by atoms with van der Waals surface area (Å²) in [6.07, 6.45) is 2.31. The minimum Gasteiger partial charge on any atom is -0.384 e. The van der Waals surface area contributed by atoms with Gasteiger partial charge in [-0.1, -0.05) is 18.2 Å². The van der Waals surface area contributed by atoms with Crippen molar-refractivity contribution in [3.8, 4) is 0 Å². The normalized spacial score (nSPS) is 24.4. The second-order valence-electron chi connectivity index (χ2n) is 7.84. The number of aliphatic hydroxyl groups is 1. The van der Waals surface area contributed by atoms with Gasteiger partial charge in [-0.3, -0.25) is 9.69 Å². The van der Waals surface area contributed by atoms with Crippen LogP contribution >= 0.6 is 0 Å². The van der Waals surface area contributed by atoms with Crippen molar-refractivity contribution in [2.75, 3.05) is 59.5 Å². The second kappa shape index (κ2) is 9.10. The molecule has 2 aliphatic heterocycles. The summed E-state index contributed by atoms with van der Waals surface area (Å²) < 4.78 is 19.4. The number of rotatable bonds is 6. The molecule has 7 heteroatoms. The Kier molecular flexibility index (Phi) is 6.81. The molecule has 1 aromatic carbocycles. The summed E-state index contributed by atoms with van der Waals surface area (Å²) in [5, 5.41) is 11.0. The first-order chi connectivity index (χ1) is 13.0. The number of halogens is 1. The molecule has 2 aliphatic rings. The van der Waals surface area contributed by atoms with Gasteiger partial charge in [0.2, 0.25) is 5.91 Å². The van der Waals surface area contributed by atoms with Gasteiger partial charge in [-0.25, -0.2) is 4.39 Å². The maximum absolute atomic E-state index is 13.8. The molecule has 0 aromatic heterocycles. The fourth-order valence-corrected chi connectivity index (χ4v) is 3.89. The molecule has 6 nitrogen and oxygen atoms in total. The van der Waals surface area contributed by atoms with E-state index < -0.39 is 5.60 Å². The Balaban J connectivity index is 1.56. The summed E-state index contributed by atoms with van der Waals surface area (Å²) in [5.41, 5.74) is -0.474. The van der Waals surface area contributed by atoms with Crippen LogP contribution in [-0.2, 0) is 16.1 Å². The lowest BCUT2D eigenvalue weighted by atomic mass is 10.0.